The molecule has 1 fully saturated rings. The highest BCUT2D eigenvalue weighted by Crippen LogP contribution is 2.65. The van der Waals surface area contributed by atoms with E-state index < -0.39 is 16.2 Å². The SMILES string of the molecule is COCCNc1ccc(CC(=O)c2cc(NC(=O)[C@H]3[C@H](c4cc(Cl)cc(Cl)c4)C3(Cl)Cl)ccc2Cl)c(C)c1. The van der Waals surface area contributed by atoms with Crippen molar-refractivity contribution < 1.29 is 14.3 Å². The van der Waals surface area contributed by atoms with E-state index in [1.165, 1.54) is 0 Å². The Hall–Kier alpha value is -1.99. The smallest absolute Gasteiger partial charge is 0.231 e. The highest BCUT2D eigenvalue weighted by atomic mass is 35.5. The van der Waals surface area contributed by atoms with E-state index in [9.17, 15) is 9.59 Å². The number of hydrogen-bond acceptors (Lipinski definition) is 4. The average molecular weight is 615 g/mol. The van der Waals surface area contributed by atoms with Crippen LogP contribution in [-0.2, 0) is 16.0 Å². The number of methoxy groups -OCH3 is 1. The Kier molecular flexibility index (Phi) is 9.18. The van der Waals surface area contributed by atoms with Gasteiger partial charge in [-0.1, -0.05) is 40.9 Å². The summed E-state index contributed by atoms with van der Waals surface area (Å²) >= 11 is 31.5. The van der Waals surface area contributed by atoms with E-state index in [2.05, 4.69) is 10.6 Å². The number of hydrogen-bond donors (Lipinski definition) is 2. The van der Waals surface area contributed by atoms with Gasteiger partial charge < -0.3 is 15.4 Å². The van der Waals surface area contributed by atoms with Gasteiger partial charge in [-0.3, -0.25) is 9.59 Å². The van der Waals surface area contributed by atoms with Crippen molar-refractivity contribution in [3.63, 3.8) is 0 Å². The van der Waals surface area contributed by atoms with Crippen molar-refractivity contribution in [3.05, 3.63) is 91.9 Å². The van der Waals surface area contributed by atoms with Gasteiger partial charge in [-0.2, -0.15) is 0 Å². The molecule has 0 heterocycles. The number of benzene rings is 3. The van der Waals surface area contributed by atoms with Gasteiger partial charge in [0.1, 0.15) is 4.33 Å². The Morgan fingerprint density at radius 2 is 1.63 bits per heavy atom. The highest BCUT2D eigenvalue weighted by Gasteiger charge is 2.67. The van der Waals surface area contributed by atoms with Crippen molar-refractivity contribution in [1.82, 2.24) is 0 Å². The van der Waals surface area contributed by atoms with E-state index in [1.54, 1.807) is 43.5 Å². The Balaban J connectivity index is 1.46. The van der Waals surface area contributed by atoms with E-state index in [-0.39, 0.29) is 18.1 Å². The maximum absolute atomic E-state index is 13.2. The standard InChI is InChI=1S/C28H25Cl5N2O3/c1-15-9-20(34-7-8-38-2)4-3-16(15)12-24(36)22-14-21(5-6-23(22)31)35-27(37)26-25(28(26,32)33)17-10-18(29)13-19(30)11-17/h3-6,9-11,13-14,25-26,34H,7-8,12H2,1-2H3,(H,35,37)/t25-,26+/m0/s1. The largest absolute Gasteiger partial charge is 0.383 e. The van der Waals surface area contributed by atoms with E-state index in [0.717, 1.165) is 16.8 Å². The molecule has 1 aliphatic carbocycles. The topological polar surface area (TPSA) is 67.4 Å². The number of carbonyl (C=O) groups is 2. The van der Waals surface area contributed by atoms with Crippen molar-refractivity contribution in [2.24, 2.45) is 5.92 Å². The van der Waals surface area contributed by atoms with E-state index >= 15 is 0 Å². The van der Waals surface area contributed by atoms with Gasteiger partial charge in [0.25, 0.3) is 0 Å². The fourth-order valence-corrected chi connectivity index (χ4v) is 6.02. The molecule has 1 saturated carbocycles. The first-order valence-electron chi connectivity index (χ1n) is 11.8. The van der Waals surface area contributed by atoms with Gasteiger partial charge in [0, 0.05) is 53.0 Å². The van der Waals surface area contributed by atoms with Crippen molar-refractivity contribution in [1.29, 1.82) is 0 Å². The Bertz CT molecular complexity index is 1360. The maximum atomic E-state index is 13.2. The Morgan fingerprint density at radius 3 is 2.29 bits per heavy atom. The third-order valence-corrected chi connectivity index (χ3v) is 8.15. The first kappa shape index (κ1) is 29.0. The number of aryl methyl sites for hydroxylation is 1. The van der Waals surface area contributed by atoms with Crippen molar-refractivity contribution in [3.8, 4) is 0 Å². The minimum atomic E-state index is -1.31. The molecular formula is C28H25Cl5N2O3. The van der Waals surface area contributed by atoms with E-state index in [0.29, 0.717) is 45.0 Å². The van der Waals surface area contributed by atoms with Gasteiger partial charge in [0.2, 0.25) is 5.91 Å². The number of halogens is 5. The monoisotopic (exact) mass is 612 g/mol. The van der Waals surface area contributed by atoms with Crippen LogP contribution in [0.25, 0.3) is 0 Å². The molecule has 3 aromatic rings. The number of amides is 1. The molecule has 0 spiro atoms. The van der Waals surface area contributed by atoms with Crippen LogP contribution in [0.4, 0.5) is 11.4 Å². The van der Waals surface area contributed by atoms with Crippen molar-refractivity contribution in [2.45, 2.75) is 23.6 Å². The Labute approximate surface area is 246 Å². The number of carbonyl (C=O) groups excluding carboxylic acids is 2. The Morgan fingerprint density at radius 1 is 0.947 bits per heavy atom. The molecular weight excluding hydrogens is 590 g/mol. The summed E-state index contributed by atoms with van der Waals surface area (Å²) in [5.74, 6) is -1.76. The van der Waals surface area contributed by atoms with Crippen LogP contribution in [0.2, 0.25) is 15.1 Å². The third-order valence-electron chi connectivity index (χ3n) is 6.44. The normalized spacial score (nSPS) is 17.7. The van der Waals surface area contributed by atoms with Gasteiger partial charge in [-0.15, -0.1) is 23.2 Å². The lowest BCUT2D eigenvalue weighted by Gasteiger charge is -2.12. The lowest BCUT2D eigenvalue weighted by Crippen LogP contribution is -2.17. The maximum Gasteiger partial charge on any atom is 0.231 e. The van der Waals surface area contributed by atoms with Crippen LogP contribution in [0.1, 0.15) is 33.0 Å². The minimum Gasteiger partial charge on any atom is -0.383 e. The number of rotatable bonds is 10. The second kappa shape index (κ2) is 12.0. The van der Waals surface area contributed by atoms with Crippen molar-refractivity contribution in [2.75, 3.05) is 30.9 Å². The lowest BCUT2D eigenvalue weighted by molar-refractivity contribution is -0.117. The molecule has 0 radical (unpaired) electrons. The molecule has 2 N–H and O–H groups in total. The van der Waals surface area contributed by atoms with E-state index in [4.69, 9.17) is 62.7 Å². The zero-order valence-electron chi connectivity index (χ0n) is 20.6. The molecule has 1 amide bonds. The van der Waals surface area contributed by atoms with Crippen LogP contribution in [0.3, 0.4) is 0 Å². The molecule has 10 heteroatoms. The predicted molar refractivity (Wildman–Crippen MR) is 157 cm³/mol. The number of alkyl halides is 2. The molecule has 0 aromatic heterocycles. The molecule has 0 bridgehead atoms. The van der Waals surface area contributed by atoms with E-state index in [1.807, 2.05) is 25.1 Å². The highest BCUT2D eigenvalue weighted by molar-refractivity contribution is 6.53. The molecule has 2 atom stereocenters. The molecule has 0 unspecified atom stereocenters. The third kappa shape index (κ3) is 6.59. The molecule has 200 valence electrons. The zero-order chi connectivity index (χ0) is 27.6. The number of ketones is 1. The first-order valence-corrected chi connectivity index (χ1v) is 13.7. The molecule has 38 heavy (non-hydrogen) atoms. The second-order valence-electron chi connectivity index (χ2n) is 9.18. The summed E-state index contributed by atoms with van der Waals surface area (Å²) in [4.78, 5) is 26.3. The summed E-state index contributed by atoms with van der Waals surface area (Å²) < 4.78 is 3.74. The van der Waals surface area contributed by atoms with Crippen LogP contribution in [-0.4, -0.2) is 36.3 Å². The summed E-state index contributed by atoms with van der Waals surface area (Å²) in [6.45, 7) is 3.23. The van der Waals surface area contributed by atoms with Crippen LogP contribution in [0.5, 0.6) is 0 Å². The van der Waals surface area contributed by atoms with Crippen molar-refractivity contribution >= 4 is 81.1 Å². The number of ether oxygens (including phenoxy) is 1. The number of Topliss-reactive ketones (excluding diaryl/α,β-unsaturated/α-hetero) is 1. The fourth-order valence-electron chi connectivity index (χ4n) is 4.43. The summed E-state index contributed by atoms with van der Waals surface area (Å²) in [5, 5.41) is 7.23. The molecule has 1 aliphatic rings. The van der Waals surface area contributed by atoms with Crippen LogP contribution in [0.15, 0.2) is 54.6 Å². The van der Waals surface area contributed by atoms with Gasteiger partial charge >= 0.3 is 0 Å². The predicted octanol–water partition coefficient (Wildman–Crippen LogP) is 7.96. The zero-order valence-corrected chi connectivity index (χ0v) is 24.4. The number of anilines is 2. The fraction of sp³-hybridized carbons (Fsp3) is 0.286. The van der Waals surface area contributed by atoms with Gasteiger partial charge in [0.15, 0.2) is 5.78 Å². The number of nitrogens with one attached hydrogen (secondary N) is 2. The molecule has 0 saturated heterocycles. The summed E-state index contributed by atoms with van der Waals surface area (Å²) in [5.41, 5.74) is 4.20. The molecule has 4 rings (SSSR count). The first-order chi connectivity index (χ1) is 18.0. The van der Waals surface area contributed by atoms with Gasteiger partial charge in [-0.25, -0.2) is 0 Å². The average Bonchev–Trinajstić information content (AvgIpc) is 3.43. The molecule has 0 aliphatic heterocycles. The lowest BCUT2D eigenvalue weighted by atomic mass is 9.98. The minimum absolute atomic E-state index is 0.161. The van der Waals surface area contributed by atoms with Crippen LogP contribution >= 0.6 is 58.0 Å². The van der Waals surface area contributed by atoms with Gasteiger partial charge in [-0.05, 0) is 72.1 Å². The van der Waals surface area contributed by atoms with Crippen LogP contribution < -0.4 is 10.6 Å². The van der Waals surface area contributed by atoms with Gasteiger partial charge in [0.05, 0.1) is 17.5 Å². The molecule has 3 aromatic carbocycles. The van der Waals surface area contributed by atoms with Crippen LogP contribution in [0, 0.1) is 12.8 Å². The molecule has 5 nitrogen and oxygen atoms in total. The quantitative estimate of drug-likeness (QED) is 0.138. The summed E-state index contributed by atoms with van der Waals surface area (Å²) in [6.07, 6.45) is 0.161. The second-order valence-corrected chi connectivity index (χ2v) is 11.9. The summed E-state index contributed by atoms with van der Waals surface area (Å²) in [7, 11) is 1.65. The summed E-state index contributed by atoms with van der Waals surface area (Å²) in [6, 6.07) is 15.6.